The van der Waals surface area contributed by atoms with Gasteiger partial charge >= 0.3 is 0 Å². The van der Waals surface area contributed by atoms with Crippen LogP contribution in [0.4, 0.5) is 8.78 Å². The maximum Gasteiger partial charge on any atom is 0.249 e. The summed E-state index contributed by atoms with van der Waals surface area (Å²) in [4.78, 5) is 0. The predicted octanol–water partition coefficient (Wildman–Crippen LogP) is 4.25. The molecule has 0 aromatic heterocycles. The third-order valence-corrected chi connectivity index (χ3v) is 2.68. The fraction of sp³-hybridized carbons (Fsp3) is 0.364. The molecule has 5 heteroatoms. The van der Waals surface area contributed by atoms with Crippen LogP contribution in [0.3, 0.4) is 0 Å². The second-order valence-corrected chi connectivity index (χ2v) is 4.25. The number of hydrogen-bond acceptors (Lipinski definition) is 2. The lowest BCUT2D eigenvalue weighted by atomic mass is 9.77. The van der Waals surface area contributed by atoms with Crippen molar-refractivity contribution in [2.24, 2.45) is 0 Å². The van der Waals surface area contributed by atoms with E-state index in [-0.39, 0.29) is 18.8 Å². The number of rotatable bonds is 1. The van der Waals surface area contributed by atoms with Gasteiger partial charge in [0.1, 0.15) is 5.40 Å². The quantitative estimate of drug-likeness (QED) is 0.593. The molecule has 0 saturated heterocycles. The molecule has 0 atom stereocenters. The maximum absolute atomic E-state index is 12.5. The van der Waals surface area contributed by atoms with Crippen molar-refractivity contribution in [1.29, 1.82) is 5.26 Å². The van der Waals surface area contributed by atoms with E-state index in [4.69, 9.17) is 16.9 Å². The molecular formula is C11H10ClF2NS. The predicted molar refractivity (Wildman–Crippen MR) is 63.0 cm³/mol. The third kappa shape index (κ3) is 3.66. The van der Waals surface area contributed by atoms with Crippen molar-refractivity contribution in [3.05, 3.63) is 34.9 Å². The summed E-state index contributed by atoms with van der Waals surface area (Å²) >= 11 is 8.78. The number of nitriles is 1. The van der Waals surface area contributed by atoms with Gasteiger partial charge in [-0.15, -0.1) is 0 Å². The number of hydrogen-bond donors (Lipinski definition) is 1. The highest BCUT2D eigenvalue weighted by atomic mass is 35.5. The molecule has 0 amide bonds. The van der Waals surface area contributed by atoms with Gasteiger partial charge in [0.15, 0.2) is 0 Å². The Morgan fingerprint density at radius 3 is 2.12 bits per heavy atom. The molecule has 1 saturated carbocycles. The van der Waals surface area contributed by atoms with Crippen molar-refractivity contribution in [3.8, 4) is 5.40 Å². The number of benzene rings is 1. The summed E-state index contributed by atoms with van der Waals surface area (Å²) in [6.07, 6.45) is -0.0384. The van der Waals surface area contributed by atoms with E-state index >= 15 is 0 Å². The molecule has 0 N–H and O–H groups in total. The van der Waals surface area contributed by atoms with Gasteiger partial charge in [-0.25, -0.2) is 8.78 Å². The van der Waals surface area contributed by atoms with Crippen LogP contribution < -0.4 is 0 Å². The fourth-order valence-corrected chi connectivity index (χ4v) is 1.76. The van der Waals surface area contributed by atoms with Crippen LogP contribution in [0.25, 0.3) is 0 Å². The first-order valence-corrected chi connectivity index (χ1v) is 5.47. The monoisotopic (exact) mass is 261 g/mol. The number of thiocyanates is 1. The zero-order valence-corrected chi connectivity index (χ0v) is 9.98. The average Bonchev–Trinajstić information content (AvgIpc) is 2.16. The Hall–Kier alpha value is -0.790. The van der Waals surface area contributed by atoms with Crippen molar-refractivity contribution in [1.82, 2.24) is 0 Å². The van der Waals surface area contributed by atoms with Gasteiger partial charge in [-0.05, 0) is 23.6 Å². The minimum absolute atomic E-state index is 0.0192. The van der Waals surface area contributed by atoms with E-state index in [0.717, 1.165) is 5.56 Å². The number of alkyl halides is 2. The van der Waals surface area contributed by atoms with Gasteiger partial charge in [-0.2, -0.15) is 5.26 Å². The van der Waals surface area contributed by atoms with E-state index in [1.54, 1.807) is 12.1 Å². The van der Waals surface area contributed by atoms with Crippen molar-refractivity contribution < 1.29 is 8.78 Å². The topological polar surface area (TPSA) is 23.8 Å². The van der Waals surface area contributed by atoms with Crippen LogP contribution in [-0.4, -0.2) is 5.92 Å². The molecule has 0 heterocycles. The summed E-state index contributed by atoms with van der Waals surface area (Å²) in [5.74, 6) is -2.42. The van der Waals surface area contributed by atoms with E-state index in [9.17, 15) is 8.78 Å². The molecule has 1 fully saturated rings. The highest BCUT2D eigenvalue weighted by molar-refractivity contribution is 7.85. The molecule has 1 aliphatic rings. The van der Waals surface area contributed by atoms with Crippen molar-refractivity contribution in [2.75, 3.05) is 0 Å². The standard InChI is InChI=1S/C10H9ClF2.CHNS/c11-9-3-1-7(2-4-9)8-5-10(12,13)6-8;2-1-3/h1-4,8H,5-6H2;3H. The summed E-state index contributed by atoms with van der Waals surface area (Å²) < 4.78 is 25.1. The van der Waals surface area contributed by atoms with Gasteiger partial charge in [0, 0.05) is 17.9 Å². The Balaban J connectivity index is 0.000000386. The molecule has 1 aromatic carbocycles. The van der Waals surface area contributed by atoms with Crippen LogP contribution >= 0.6 is 24.2 Å². The lowest BCUT2D eigenvalue weighted by molar-refractivity contribution is -0.0867. The van der Waals surface area contributed by atoms with Crippen molar-refractivity contribution in [2.45, 2.75) is 24.7 Å². The fourth-order valence-electron chi connectivity index (χ4n) is 1.63. The Morgan fingerprint density at radius 2 is 1.75 bits per heavy atom. The van der Waals surface area contributed by atoms with E-state index in [1.165, 1.54) is 5.40 Å². The van der Waals surface area contributed by atoms with Gasteiger partial charge in [0.05, 0.1) is 0 Å². The zero-order valence-electron chi connectivity index (χ0n) is 8.33. The zero-order chi connectivity index (χ0) is 12.2. The highest BCUT2D eigenvalue weighted by Gasteiger charge is 2.45. The van der Waals surface area contributed by atoms with Gasteiger partial charge in [-0.3, -0.25) is 0 Å². The minimum Gasteiger partial charge on any atom is -0.207 e. The van der Waals surface area contributed by atoms with Crippen molar-refractivity contribution >= 4 is 24.2 Å². The van der Waals surface area contributed by atoms with E-state index in [2.05, 4.69) is 12.6 Å². The SMILES string of the molecule is FC1(F)CC(c2ccc(Cl)cc2)C1.N#CS. The molecule has 1 aliphatic carbocycles. The first-order chi connectivity index (χ1) is 7.48. The molecule has 1 aromatic rings. The molecule has 86 valence electrons. The molecule has 16 heavy (non-hydrogen) atoms. The number of thiol groups is 1. The Morgan fingerprint density at radius 1 is 1.31 bits per heavy atom. The minimum atomic E-state index is -2.44. The third-order valence-electron chi connectivity index (χ3n) is 2.43. The molecule has 1 nitrogen and oxygen atoms in total. The average molecular weight is 262 g/mol. The van der Waals surface area contributed by atoms with Crippen LogP contribution in [0.5, 0.6) is 0 Å². The second kappa shape index (κ2) is 5.51. The van der Waals surface area contributed by atoms with E-state index in [0.29, 0.717) is 5.02 Å². The van der Waals surface area contributed by atoms with Crippen LogP contribution in [0.1, 0.15) is 24.3 Å². The maximum atomic E-state index is 12.5. The Kier molecular flexibility index (Phi) is 4.57. The Labute approximate surface area is 103 Å². The molecule has 2 rings (SSSR count). The highest BCUT2D eigenvalue weighted by Crippen LogP contribution is 2.48. The van der Waals surface area contributed by atoms with Crippen LogP contribution in [0.2, 0.25) is 5.02 Å². The molecule has 0 radical (unpaired) electrons. The molecule has 0 spiro atoms. The van der Waals surface area contributed by atoms with Crippen LogP contribution in [0.15, 0.2) is 24.3 Å². The van der Waals surface area contributed by atoms with Gasteiger partial charge in [-0.1, -0.05) is 36.4 Å². The summed E-state index contributed by atoms with van der Waals surface area (Å²) in [5, 5.41) is 9.28. The van der Waals surface area contributed by atoms with E-state index in [1.807, 2.05) is 12.1 Å². The molecule has 0 bridgehead atoms. The smallest absolute Gasteiger partial charge is 0.207 e. The largest absolute Gasteiger partial charge is 0.249 e. The normalized spacial score (nSPS) is 17.7. The number of nitrogens with zero attached hydrogens (tertiary/aromatic N) is 1. The number of halogens is 3. The molecule has 0 unspecified atom stereocenters. The lowest BCUT2D eigenvalue weighted by Crippen LogP contribution is -2.33. The molecular weight excluding hydrogens is 252 g/mol. The van der Waals surface area contributed by atoms with Crippen molar-refractivity contribution in [3.63, 3.8) is 0 Å². The van der Waals surface area contributed by atoms with Gasteiger partial charge in [0.25, 0.3) is 0 Å². The first kappa shape index (κ1) is 13.3. The summed E-state index contributed by atoms with van der Waals surface area (Å²) in [6, 6.07) is 7.13. The van der Waals surface area contributed by atoms with Crippen LogP contribution in [-0.2, 0) is 0 Å². The van der Waals surface area contributed by atoms with Gasteiger partial charge in [0.2, 0.25) is 5.92 Å². The summed E-state index contributed by atoms with van der Waals surface area (Å²) in [6.45, 7) is 0. The van der Waals surface area contributed by atoms with Crippen LogP contribution in [0, 0.1) is 10.7 Å². The second-order valence-electron chi connectivity index (χ2n) is 3.61. The van der Waals surface area contributed by atoms with E-state index < -0.39 is 5.92 Å². The molecule has 0 aliphatic heterocycles. The first-order valence-electron chi connectivity index (χ1n) is 4.65. The Bertz CT molecular complexity index is 378. The summed E-state index contributed by atoms with van der Waals surface area (Å²) in [7, 11) is 0. The lowest BCUT2D eigenvalue weighted by Gasteiger charge is -2.35. The van der Waals surface area contributed by atoms with Gasteiger partial charge < -0.3 is 0 Å². The summed E-state index contributed by atoms with van der Waals surface area (Å²) in [5.41, 5.74) is 0.968.